The molecule has 0 saturated carbocycles. The molecule has 0 aliphatic rings. The van der Waals surface area contributed by atoms with Crippen molar-refractivity contribution in [1.82, 2.24) is 15.5 Å². The lowest BCUT2D eigenvalue weighted by molar-refractivity contribution is 0.251. The van der Waals surface area contributed by atoms with Gasteiger partial charge in [0.25, 0.3) is 0 Å². The van der Waals surface area contributed by atoms with Crippen molar-refractivity contribution in [2.75, 3.05) is 11.9 Å². The Morgan fingerprint density at radius 3 is 2.52 bits per heavy atom. The molecule has 0 saturated heterocycles. The Kier molecular flexibility index (Phi) is 6.40. The lowest BCUT2D eigenvalue weighted by Gasteiger charge is -2.11. The molecule has 0 aliphatic carbocycles. The Balaban J connectivity index is 1.52. The number of aromatic nitrogens is 2. The van der Waals surface area contributed by atoms with Gasteiger partial charge >= 0.3 is 6.01 Å². The van der Waals surface area contributed by atoms with Gasteiger partial charge in [-0.1, -0.05) is 59.7 Å². The first-order valence-corrected chi connectivity index (χ1v) is 10.3. The fraction of sp³-hybridized carbons (Fsp3) is 0.200. The molecular formula is C25H26N4O2. The fourth-order valence-electron chi connectivity index (χ4n) is 3.42. The average molecular weight is 415 g/mol. The summed E-state index contributed by atoms with van der Waals surface area (Å²) in [5.74, 6) is 0.479. The molecule has 0 radical (unpaired) electrons. The maximum absolute atomic E-state index is 9.16. The van der Waals surface area contributed by atoms with Gasteiger partial charge in [-0.3, -0.25) is 0 Å². The second-order valence-electron chi connectivity index (χ2n) is 7.55. The van der Waals surface area contributed by atoms with Gasteiger partial charge in [-0.25, -0.2) is 0 Å². The van der Waals surface area contributed by atoms with Crippen LogP contribution in [-0.4, -0.2) is 28.0 Å². The Labute approximate surface area is 182 Å². The van der Waals surface area contributed by atoms with Crippen molar-refractivity contribution >= 4 is 11.7 Å². The third-order valence-electron chi connectivity index (χ3n) is 5.18. The highest BCUT2D eigenvalue weighted by molar-refractivity contribution is 5.75. The summed E-state index contributed by atoms with van der Waals surface area (Å²) < 4.78 is 5.92. The molecule has 6 heteroatoms. The highest BCUT2D eigenvalue weighted by Gasteiger charge is 2.14. The van der Waals surface area contributed by atoms with Crippen LogP contribution in [0.2, 0.25) is 0 Å². The van der Waals surface area contributed by atoms with Crippen molar-refractivity contribution < 1.29 is 9.52 Å². The van der Waals surface area contributed by atoms with Crippen molar-refractivity contribution in [3.63, 3.8) is 0 Å². The second-order valence-corrected chi connectivity index (χ2v) is 7.55. The molecule has 1 unspecified atom stereocenters. The molecule has 0 spiro atoms. The number of aliphatic hydroxyl groups excluding tert-OH is 1. The Hall–Kier alpha value is -3.48. The molecule has 0 aliphatic heterocycles. The van der Waals surface area contributed by atoms with Crippen LogP contribution in [-0.2, 0) is 6.54 Å². The minimum Gasteiger partial charge on any atom is -0.403 e. The van der Waals surface area contributed by atoms with E-state index >= 15 is 0 Å². The maximum Gasteiger partial charge on any atom is 0.320 e. The molecule has 1 aromatic heterocycles. The summed E-state index contributed by atoms with van der Waals surface area (Å²) in [6.45, 7) is 4.78. The molecule has 0 amide bonds. The zero-order valence-electron chi connectivity index (χ0n) is 17.7. The van der Waals surface area contributed by atoms with Gasteiger partial charge in [0.1, 0.15) is 0 Å². The van der Waals surface area contributed by atoms with Crippen molar-refractivity contribution in [2.45, 2.75) is 26.4 Å². The third-order valence-corrected chi connectivity index (χ3v) is 5.18. The quantitative estimate of drug-likeness (QED) is 0.379. The zero-order chi connectivity index (χ0) is 21.6. The number of rotatable bonds is 8. The van der Waals surface area contributed by atoms with E-state index in [-0.39, 0.29) is 12.6 Å². The monoisotopic (exact) mass is 414 g/mol. The van der Waals surface area contributed by atoms with Gasteiger partial charge < -0.3 is 20.2 Å². The summed E-state index contributed by atoms with van der Waals surface area (Å²) in [6.07, 6.45) is 0. The third kappa shape index (κ3) is 4.99. The van der Waals surface area contributed by atoms with Crippen molar-refractivity contribution in [3.8, 4) is 22.6 Å². The van der Waals surface area contributed by atoms with Gasteiger partial charge in [0.05, 0.1) is 6.61 Å². The van der Waals surface area contributed by atoms with E-state index in [1.807, 2.05) is 61.5 Å². The molecule has 0 fully saturated rings. The van der Waals surface area contributed by atoms with Crippen LogP contribution < -0.4 is 10.6 Å². The first-order valence-electron chi connectivity index (χ1n) is 10.3. The normalized spacial score (nSPS) is 12.0. The molecule has 3 aromatic carbocycles. The molecule has 1 heterocycles. The predicted octanol–water partition coefficient (Wildman–Crippen LogP) is 4.93. The topological polar surface area (TPSA) is 83.2 Å². The molecule has 4 aromatic rings. The van der Waals surface area contributed by atoms with Crippen LogP contribution in [0.4, 0.5) is 11.7 Å². The number of nitrogens with zero attached hydrogens (tertiary/aromatic N) is 2. The summed E-state index contributed by atoms with van der Waals surface area (Å²) >= 11 is 0. The van der Waals surface area contributed by atoms with E-state index in [4.69, 9.17) is 9.52 Å². The molecule has 158 valence electrons. The molecule has 31 heavy (non-hydrogen) atoms. The summed E-state index contributed by atoms with van der Waals surface area (Å²) in [5.41, 5.74) is 6.26. The van der Waals surface area contributed by atoms with E-state index < -0.39 is 0 Å². The minimum atomic E-state index is 0.0463. The van der Waals surface area contributed by atoms with Crippen molar-refractivity contribution in [2.24, 2.45) is 0 Å². The number of benzene rings is 3. The van der Waals surface area contributed by atoms with Crippen LogP contribution in [0.25, 0.3) is 22.6 Å². The Morgan fingerprint density at radius 2 is 1.71 bits per heavy atom. The van der Waals surface area contributed by atoms with Gasteiger partial charge in [0, 0.05) is 23.8 Å². The molecular weight excluding hydrogens is 388 g/mol. The lowest BCUT2D eigenvalue weighted by atomic mass is 9.96. The molecule has 4 rings (SSSR count). The summed E-state index contributed by atoms with van der Waals surface area (Å²) in [5, 5.41) is 24.0. The second kappa shape index (κ2) is 9.55. The number of hydrogen-bond acceptors (Lipinski definition) is 6. The van der Waals surface area contributed by atoms with Gasteiger partial charge in [-0.15, -0.1) is 5.10 Å². The van der Waals surface area contributed by atoms with E-state index in [0.717, 1.165) is 33.5 Å². The first kappa shape index (κ1) is 20.8. The minimum absolute atomic E-state index is 0.0463. The number of hydrogen-bond donors (Lipinski definition) is 3. The summed E-state index contributed by atoms with van der Waals surface area (Å²) in [7, 11) is 0. The number of nitrogens with one attached hydrogen (secondary N) is 2. The Bertz CT molecular complexity index is 1140. The molecule has 6 nitrogen and oxygen atoms in total. The van der Waals surface area contributed by atoms with Gasteiger partial charge in [0.2, 0.25) is 5.89 Å². The van der Waals surface area contributed by atoms with E-state index in [0.29, 0.717) is 18.5 Å². The first-order chi connectivity index (χ1) is 15.1. The summed E-state index contributed by atoms with van der Waals surface area (Å²) in [6, 6.07) is 24.7. The van der Waals surface area contributed by atoms with Crippen LogP contribution in [0.5, 0.6) is 0 Å². The van der Waals surface area contributed by atoms with E-state index in [1.54, 1.807) is 0 Å². The maximum atomic E-state index is 9.16. The smallest absolute Gasteiger partial charge is 0.320 e. The van der Waals surface area contributed by atoms with Crippen LogP contribution in [0, 0.1) is 6.92 Å². The SMILES string of the molecule is Cc1c(-c2ccccc2)cccc1-c1nnc(Nc2cccc(CNC(C)CO)c2)o1. The molecule has 0 bridgehead atoms. The van der Waals surface area contributed by atoms with Crippen LogP contribution in [0.3, 0.4) is 0 Å². The van der Waals surface area contributed by atoms with E-state index in [1.165, 1.54) is 0 Å². The largest absolute Gasteiger partial charge is 0.403 e. The number of aliphatic hydroxyl groups is 1. The highest BCUT2D eigenvalue weighted by Crippen LogP contribution is 2.32. The van der Waals surface area contributed by atoms with Crippen molar-refractivity contribution in [3.05, 3.63) is 83.9 Å². The van der Waals surface area contributed by atoms with Crippen LogP contribution in [0.15, 0.2) is 77.2 Å². The molecule has 1 atom stereocenters. The fourth-order valence-corrected chi connectivity index (χ4v) is 3.42. The molecule has 3 N–H and O–H groups in total. The Morgan fingerprint density at radius 1 is 0.935 bits per heavy atom. The van der Waals surface area contributed by atoms with Crippen LogP contribution >= 0.6 is 0 Å². The van der Waals surface area contributed by atoms with Gasteiger partial charge in [-0.05, 0) is 54.3 Å². The summed E-state index contributed by atoms with van der Waals surface area (Å²) in [4.78, 5) is 0. The van der Waals surface area contributed by atoms with Crippen LogP contribution in [0.1, 0.15) is 18.1 Å². The average Bonchev–Trinajstić information content (AvgIpc) is 3.26. The van der Waals surface area contributed by atoms with Gasteiger partial charge in [0.15, 0.2) is 0 Å². The van der Waals surface area contributed by atoms with E-state index in [2.05, 4.69) is 46.0 Å². The lowest BCUT2D eigenvalue weighted by Crippen LogP contribution is -2.28. The standard InChI is InChI=1S/C25H26N4O2/c1-17(16-30)26-15-19-8-6-11-21(14-19)27-25-29-28-24(31-25)23-13-7-12-22(18(23)2)20-9-4-3-5-10-20/h3-14,17,26,30H,15-16H2,1-2H3,(H,27,29). The van der Waals surface area contributed by atoms with Gasteiger partial charge in [-0.2, -0.15) is 0 Å². The van der Waals surface area contributed by atoms with Crippen molar-refractivity contribution in [1.29, 1.82) is 0 Å². The van der Waals surface area contributed by atoms with E-state index in [9.17, 15) is 0 Å². The number of anilines is 2. The predicted molar refractivity (Wildman–Crippen MR) is 123 cm³/mol. The zero-order valence-corrected chi connectivity index (χ0v) is 17.7. The highest BCUT2D eigenvalue weighted by atomic mass is 16.4.